The van der Waals surface area contributed by atoms with Crippen molar-refractivity contribution < 1.29 is 0 Å². The second-order valence-corrected chi connectivity index (χ2v) is 5.04. The monoisotopic (exact) mass is 258 g/mol. The number of nitrogens with zero attached hydrogens (tertiary/aromatic N) is 3. The molecule has 4 heteroatoms. The molecular formula is C15H22N4. The van der Waals surface area contributed by atoms with Crippen molar-refractivity contribution in [3.05, 3.63) is 47.3 Å². The predicted octanol–water partition coefficient (Wildman–Crippen LogP) is 1.89. The van der Waals surface area contributed by atoms with Gasteiger partial charge in [0.2, 0.25) is 0 Å². The number of aromatic nitrogens is 3. The quantitative estimate of drug-likeness (QED) is 0.860. The van der Waals surface area contributed by atoms with Gasteiger partial charge in [0.1, 0.15) is 0 Å². The summed E-state index contributed by atoms with van der Waals surface area (Å²) in [6, 6.07) is 9.03. The van der Waals surface area contributed by atoms with E-state index in [1.807, 2.05) is 20.3 Å². The maximum atomic E-state index is 4.15. The second kappa shape index (κ2) is 6.48. The first-order valence-corrected chi connectivity index (χ1v) is 6.76. The zero-order chi connectivity index (χ0) is 13.7. The molecule has 1 heterocycles. The van der Waals surface area contributed by atoms with Crippen LogP contribution in [0, 0.1) is 6.92 Å². The zero-order valence-electron chi connectivity index (χ0n) is 11.9. The van der Waals surface area contributed by atoms with Crippen LogP contribution >= 0.6 is 0 Å². The molecule has 0 aliphatic rings. The molecule has 1 N–H and O–H groups in total. The minimum atomic E-state index is 0.441. The number of hydrogen-bond acceptors (Lipinski definition) is 3. The van der Waals surface area contributed by atoms with E-state index in [1.54, 1.807) is 4.68 Å². The molecule has 2 aromatic rings. The normalized spacial score (nSPS) is 12.6. The third-order valence-electron chi connectivity index (χ3n) is 3.54. The van der Waals surface area contributed by atoms with E-state index >= 15 is 0 Å². The van der Waals surface area contributed by atoms with Crippen LogP contribution in [0.15, 0.2) is 30.5 Å². The van der Waals surface area contributed by atoms with E-state index in [-0.39, 0.29) is 0 Å². The van der Waals surface area contributed by atoms with Crippen LogP contribution in [0.4, 0.5) is 0 Å². The van der Waals surface area contributed by atoms with Gasteiger partial charge in [-0.25, -0.2) is 0 Å². The standard InChI is InChI=1S/C15H22N4/c1-12-6-4-5-7-13(12)8-9-14(16-2)10-15-11-19(3)18-17-15/h4-7,11,14,16H,8-10H2,1-3H3. The summed E-state index contributed by atoms with van der Waals surface area (Å²) in [6.45, 7) is 2.17. The lowest BCUT2D eigenvalue weighted by atomic mass is 9.99. The third-order valence-corrected chi connectivity index (χ3v) is 3.54. The lowest BCUT2D eigenvalue weighted by Gasteiger charge is -2.15. The summed E-state index contributed by atoms with van der Waals surface area (Å²) < 4.78 is 1.75. The number of rotatable bonds is 6. The molecule has 0 saturated carbocycles. The summed E-state index contributed by atoms with van der Waals surface area (Å²) in [5.74, 6) is 0. The topological polar surface area (TPSA) is 42.7 Å². The van der Waals surface area contributed by atoms with Crippen molar-refractivity contribution in [1.29, 1.82) is 0 Å². The fourth-order valence-corrected chi connectivity index (χ4v) is 2.31. The number of likely N-dealkylation sites (N-methyl/N-ethyl adjacent to an activating group) is 1. The van der Waals surface area contributed by atoms with Crippen molar-refractivity contribution in [2.75, 3.05) is 7.05 Å². The maximum Gasteiger partial charge on any atom is 0.0842 e. The van der Waals surface area contributed by atoms with Gasteiger partial charge in [-0.1, -0.05) is 29.5 Å². The Morgan fingerprint density at radius 3 is 2.74 bits per heavy atom. The molecule has 2 rings (SSSR count). The van der Waals surface area contributed by atoms with Gasteiger partial charge in [0.05, 0.1) is 5.69 Å². The Labute approximate surface area is 114 Å². The van der Waals surface area contributed by atoms with Gasteiger partial charge in [-0.3, -0.25) is 4.68 Å². The maximum absolute atomic E-state index is 4.15. The molecule has 1 aromatic carbocycles. The number of nitrogens with one attached hydrogen (secondary N) is 1. The molecular weight excluding hydrogens is 236 g/mol. The Kier molecular flexibility index (Phi) is 4.68. The molecule has 4 nitrogen and oxygen atoms in total. The summed E-state index contributed by atoms with van der Waals surface area (Å²) in [6.07, 6.45) is 5.12. The minimum Gasteiger partial charge on any atom is -0.317 e. The Bertz CT molecular complexity index is 518. The molecule has 0 saturated heterocycles. The van der Waals surface area contributed by atoms with Crippen molar-refractivity contribution in [3.8, 4) is 0 Å². The van der Waals surface area contributed by atoms with E-state index in [9.17, 15) is 0 Å². The predicted molar refractivity (Wildman–Crippen MR) is 77.1 cm³/mol. The minimum absolute atomic E-state index is 0.441. The van der Waals surface area contributed by atoms with E-state index in [0.717, 1.165) is 25.0 Å². The average Bonchev–Trinajstić information content (AvgIpc) is 2.81. The van der Waals surface area contributed by atoms with Gasteiger partial charge in [0.15, 0.2) is 0 Å². The van der Waals surface area contributed by atoms with Crippen molar-refractivity contribution in [2.45, 2.75) is 32.2 Å². The summed E-state index contributed by atoms with van der Waals surface area (Å²) >= 11 is 0. The van der Waals surface area contributed by atoms with Gasteiger partial charge in [-0.2, -0.15) is 0 Å². The van der Waals surface area contributed by atoms with Gasteiger partial charge in [-0.15, -0.1) is 5.10 Å². The molecule has 19 heavy (non-hydrogen) atoms. The van der Waals surface area contributed by atoms with Gasteiger partial charge < -0.3 is 5.32 Å². The molecule has 1 atom stereocenters. The van der Waals surface area contributed by atoms with Crippen LogP contribution in [0.5, 0.6) is 0 Å². The Hall–Kier alpha value is -1.68. The first-order valence-electron chi connectivity index (χ1n) is 6.76. The average molecular weight is 258 g/mol. The lowest BCUT2D eigenvalue weighted by molar-refractivity contribution is 0.514. The summed E-state index contributed by atoms with van der Waals surface area (Å²) in [5, 5.41) is 11.5. The molecule has 1 unspecified atom stereocenters. The molecule has 0 aliphatic carbocycles. The van der Waals surface area contributed by atoms with E-state index in [2.05, 4.69) is 46.8 Å². The highest BCUT2D eigenvalue weighted by atomic mass is 15.4. The molecule has 102 valence electrons. The molecule has 0 amide bonds. The smallest absolute Gasteiger partial charge is 0.0842 e. The Balaban J connectivity index is 1.91. The molecule has 0 bridgehead atoms. The van der Waals surface area contributed by atoms with E-state index < -0.39 is 0 Å². The van der Waals surface area contributed by atoms with Crippen molar-refractivity contribution in [3.63, 3.8) is 0 Å². The van der Waals surface area contributed by atoms with Crippen molar-refractivity contribution in [2.24, 2.45) is 7.05 Å². The summed E-state index contributed by atoms with van der Waals surface area (Å²) in [5.41, 5.74) is 3.85. The highest BCUT2D eigenvalue weighted by Crippen LogP contribution is 2.12. The highest BCUT2D eigenvalue weighted by molar-refractivity contribution is 5.25. The van der Waals surface area contributed by atoms with Crippen LogP contribution in [0.25, 0.3) is 0 Å². The summed E-state index contributed by atoms with van der Waals surface area (Å²) in [4.78, 5) is 0. The van der Waals surface area contributed by atoms with Gasteiger partial charge in [0.25, 0.3) is 0 Å². The molecule has 0 radical (unpaired) electrons. The SMILES string of the molecule is CNC(CCc1ccccc1C)Cc1cn(C)nn1. The fourth-order valence-electron chi connectivity index (χ4n) is 2.31. The Morgan fingerprint density at radius 2 is 2.11 bits per heavy atom. The number of hydrogen-bond donors (Lipinski definition) is 1. The molecule has 0 aliphatic heterocycles. The highest BCUT2D eigenvalue weighted by Gasteiger charge is 2.10. The number of benzene rings is 1. The molecule has 0 fully saturated rings. The molecule has 0 spiro atoms. The zero-order valence-corrected chi connectivity index (χ0v) is 11.9. The van der Waals surface area contributed by atoms with Crippen LogP contribution in [0.2, 0.25) is 0 Å². The van der Waals surface area contributed by atoms with Gasteiger partial charge in [0, 0.05) is 25.7 Å². The van der Waals surface area contributed by atoms with Crippen LogP contribution in [0.1, 0.15) is 23.2 Å². The van der Waals surface area contributed by atoms with Gasteiger partial charge in [-0.05, 0) is 37.9 Å². The van der Waals surface area contributed by atoms with E-state index in [1.165, 1.54) is 11.1 Å². The Morgan fingerprint density at radius 1 is 1.32 bits per heavy atom. The van der Waals surface area contributed by atoms with Gasteiger partial charge >= 0.3 is 0 Å². The number of aryl methyl sites for hydroxylation is 3. The van der Waals surface area contributed by atoms with Crippen molar-refractivity contribution in [1.82, 2.24) is 20.3 Å². The second-order valence-electron chi connectivity index (χ2n) is 5.04. The largest absolute Gasteiger partial charge is 0.317 e. The lowest BCUT2D eigenvalue weighted by Crippen LogP contribution is -2.28. The van der Waals surface area contributed by atoms with Crippen molar-refractivity contribution >= 4 is 0 Å². The van der Waals surface area contributed by atoms with Crippen LogP contribution < -0.4 is 5.32 Å². The van der Waals surface area contributed by atoms with E-state index in [4.69, 9.17) is 0 Å². The summed E-state index contributed by atoms with van der Waals surface area (Å²) in [7, 11) is 3.91. The van der Waals surface area contributed by atoms with Crippen LogP contribution in [-0.2, 0) is 19.9 Å². The van der Waals surface area contributed by atoms with E-state index in [0.29, 0.717) is 6.04 Å². The fraction of sp³-hybridized carbons (Fsp3) is 0.467. The first-order chi connectivity index (χ1) is 9.19. The third kappa shape index (κ3) is 3.89. The molecule has 1 aromatic heterocycles. The first kappa shape index (κ1) is 13.7. The van der Waals surface area contributed by atoms with Crippen LogP contribution in [-0.4, -0.2) is 28.1 Å². The van der Waals surface area contributed by atoms with Crippen LogP contribution in [0.3, 0.4) is 0 Å².